The van der Waals surface area contributed by atoms with Gasteiger partial charge in [-0.2, -0.15) is 0 Å². The fraction of sp³-hybridized carbons (Fsp3) is 1.00. The molecule has 1 aliphatic carbocycles. The van der Waals surface area contributed by atoms with Gasteiger partial charge in [-0.25, -0.2) is 0 Å². The standard InChI is InChI=1S/C12H23NO/c14-12(7-4-8-13-10-12)9-11-5-2-1-3-6-11/h11,13-14H,1-10H2. The molecule has 2 N–H and O–H groups in total. The third-order valence-electron chi connectivity index (χ3n) is 3.84. The summed E-state index contributed by atoms with van der Waals surface area (Å²) in [6.07, 6.45) is 10.1. The summed E-state index contributed by atoms with van der Waals surface area (Å²) in [4.78, 5) is 0. The van der Waals surface area contributed by atoms with Crippen molar-refractivity contribution in [1.82, 2.24) is 5.32 Å². The number of hydrogen-bond donors (Lipinski definition) is 2. The highest BCUT2D eigenvalue weighted by Gasteiger charge is 2.32. The van der Waals surface area contributed by atoms with E-state index in [9.17, 15) is 5.11 Å². The molecule has 1 heterocycles. The maximum atomic E-state index is 10.4. The highest BCUT2D eigenvalue weighted by atomic mass is 16.3. The van der Waals surface area contributed by atoms with E-state index in [0.29, 0.717) is 0 Å². The number of rotatable bonds is 2. The van der Waals surface area contributed by atoms with E-state index in [4.69, 9.17) is 0 Å². The Kier molecular flexibility index (Phi) is 3.45. The zero-order valence-corrected chi connectivity index (χ0v) is 9.10. The Morgan fingerprint density at radius 3 is 2.57 bits per heavy atom. The average molecular weight is 197 g/mol. The molecule has 0 spiro atoms. The third kappa shape index (κ3) is 2.71. The first-order valence-electron chi connectivity index (χ1n) is 6.22. The highest BCUT2D eigenvalue weighted by Crippen LogP contribution is 2.33. The largest absolute Gasteiger partial charge is 0.389 e. The topological polar surface area (TPSA) is 32.3 Å². The van der Waals surface area contributed by atoms with Crippen LogP contribution in [0.25, 0.3) is 0 Å². The Morgan fingerprint density at radius 1 is 1.14 bits per heavy atom. The van der Waals surface area contributed by atoms with Crippen LogP contribution >= 0.6 is 0 Å². The van der Waals surface area contributed by atoms with Crippen LogP contribution in [0.4, 0.5) is 0 Å². The first-order valence-corrected chi connectivity index (χ1v) is 6.22. The molecule has 0 aromatic rings. The monoisotopic (exact) mass is 197 g/mol. The van der Waals surface area contributed by atoms with Crippen LogP contribution < -0.4 is 5.32 Å². The van der Waals surface area contributed by atoms with Crippen LogP contribution in [0, 0.1) is 5.92 Å². The predicted octanol–water partition coefficient (Wildman–Crippen LogP) is 2.07. The predicted molar refractivity (Wildman–Crippen MR) is 58.2 cm³/mol. The van der Waals surface area contributed by atoms with E-state index in [1.54, 1.807) is 0 Å². The molecule has 82 valence electrons. The normalized spacial score (nSPS) is 35.8. The summed E-state index contributed by atoms with van der Waals surface area (Å²) in [5, 5.41) is 13.7. The van der Waals surface area contributed by atoms with Crippen molar-refractivity contribution in [1.29, 1.82) is 0 Å². The maximum absolute atomic E-state index is 10.4. The molecule has 0 radical (unpaired) electrons. The van der Waals surface area contributed by atoms with Crippen molar-refractivity contribution in [2.75, 3.05) is 13.1 Å². The van der Waals surface area contributed by atoms with Crippen molar-refractivity contribution >= 4 is 0 Å². The Balaban J connectivity index is 1.81. The van der Waals surface area contributed by atoms with Gasteiger partial charge in [-0.1, -0.05) is 32.1 Å². The zero-order valence-electron chi connectivity index (χ0n) is 9.10. The number of nitrogens with one attached hydrogen (secondary N) is 1. The SMILES string of the molecule is OC1(CC2CCCCC2)CCCNC1. The van der Waals surface area contributed by atoms with E-state index < -0.39 is 0 Å². The van der Waals surface area contributed by atoms with Crippen molar-refractivity contribution < 1.29 is 5.11 Å². The van der Waals surface area contributed by atoms with Crippen LogP contribution in [0.15, 0.2) is 0 Å². The van der Waals surface area contributed by atoms with E-state index in [0.717, 1.165) is 38.3 Å². The van der Waals surface area contributed by atoms with Gasteiger partial charge in [0.2, 0.25) is 0 Å². The summed E-state index contributed by atoms with van der Waals surface area (Å²) in [7, 11) is 0. The number of hydrogen-bond acceptors (Lipinski definition) is 2. The Bertz CT molecular complexity index is 169. The summed E-state index contributed by atoms with van der Waals surface area (Å²) in [5.41, 5.74) is -0.375. The van der Waals surface area contributed by atoms with Crippen LogP contribution in [0.5, 0.6) is 0 Å². The average Bonchev–Trinajstić information content (AvgIpc) is 2.19. The van der Waals surface area contributed by atoms with E-state index in [1.165, 1.54) is 32.1 Å². The van der Waals surface area contributed by atoms with Crippen molar-refractivity contribution in [3.63, 3.8) is 0 Å². The molecule has 2 heteroatoms. The summed E-state index contributed by atoms with van der Waals surface area (Å²) in [6.45, 7) is 1.91. The second-order valence-corrected chi connectivity index (χ2v) is 5.21. The van der Waals surface area contributed by atoms with Gasteiger partial charge in [0.15, 0.2) is 0 Å². The fourth-order valence-electron chi connectivity index (χ4n) is 3.05. The summed E-state index contributed by atoms with van der Waals surface area (Å²) in [5.74, 6) is 0.800. The molecule has 0 bridgehead atoms. The molecule has 2 rings (SSSR count). The van der Waals surface area contributed by atoms with Crippen molar-refractivity contribution in [2.24, 2.45) is 5.92 Å². The van der Waals surface area contributed by atoms with Gasteiger partial charge in [-0.3, -0.25) is 0 Å². The fourth-order valence-corrected chi connectivity index (χ4v) is 3.05. The lowest BCUT2D eigenvalue weighted by Gasteiger charge is -2.36. The molecule has 2 fully saturated rings. The molecule has 0 amide bonds. The zero-order chi connectivity index (χ0) is 9.86. The minimum Gasteiger partial charge on any atom is -0.389 e. The van der Waals surface area contributed by atoms with Gasteiger partial charge in [0.1, 0.15) is 0 Å². The molecule has 1 saturated carbocycles. The summed E-state index contributed by atoms with van der Waals surface area (Å²) >= 11 is 0. The summed E-state index contributed by atoms with van der Waals surface area (Å²) < 4.78 is 0. The molecular weight excluding hydrogens is 174 g/mol. The van der Waals surface area contributed by atoms with E-state index in [1.807, 2.05) is 0 Å². The second-order valence-electron chi connectivity index (χ2n) is 5.21. The van der Waals surface area contributed by atoms with Gasteiger partial charge in [0, 0.05) is 6.54 Å². The van der Waals surface area contributed by atoms with Crippen LogP contribution in [0.2, 0.25) is 0 Å². The van der Waals surface area contributed by atoms with Crippen LogP contribution in [0.3, 0.4) is 0 Å². The lowest BCUT2D eigenvalue weighted by atomic mass is 9.78. The number of β-amino-alcohol motifs (C(OH)–C–C–N with tert-alkyl or cyclic N) is 1. The smallest absolute Gasteiger partial charge is 0.0774 e. The van der Waals surface area contributed by atoms with Crippen LogP contribution in [-0.4, -0.2) is 23.8 Å². The van der Waals surface area contributed by atoms with Crippen LogP contribution in [-0.2, 0) is 0 Å². The van der Waals surface area contributed by atoms with Gasteiger partial charge in [-0.15, -0.1) is 0 Å². The molecule has 0 aromatic heterocycles. The molecule has 1 unspecified atom stereocenters. The first kappa shape index (κ1) is 10.4. The molecule has 1 saturated heterocycles. The van der Waals surface area contributed by atoms with Gasteiger partial charge in [0.05, 0.1) is 5.60 Å². The van der Waals surface area contributed by atoms with E-state index >= 15 is 0 Å². The summed E-state index contributed by atoms with van der Waals surface area (Å²) in [6, 6.07) is 0. The lowest BCUT2D eigenvalue weighted by molar-refractivity contribution is -0.0102. The third-order valence-corrected chi connectivity index (χ3v) is 3.84. The molecule has 1 aliphatic heterocycles. The Morgan fingerprint density at radius 2 is 1.93 bits per heavy atom. The van der Waals surface area contributed by atoms with E-state index in [2.05, 4.69) is 5.32 Å². The van der Waals surface area contributed by atoms with E-state index in [-0.39, 0.29) is 5.60 Å². The molecule has 2 nitrogen and oxygen atoms in total. The maximum Gasteiger partial charge on any atom is 0.0774 e. The Labute approximate surface area is 87.1 Å². The molecule has 14 heavy (non-hydrogen) atoms. The molecular formula is C12H23NO. The minimum atomic E-state index is -0.375. The minimum absolute atomic E-state index is 0.375. The van der Waals surface area contributed by atoms with Gasteiger partial charge in [-0.05, 0) is 31.7 Å². The van der Waals surface area contributed by atoms with Crippen molar-refractivity contribution in [3.05, 3.63) is 0 Å². The van der Waals surface area contributed by atoms with Crippen LogP contribution in [0.1, 0.15) is 51.4 Å². The molecule has 1 atom stereocenters. The number of piperidine rings is 1. The quantitative estimate of drug-likeness (QED) is 0.710. The molecule has 0 aromatic carbocycles. The lowest BCUT2D eigenvalue weighted by Crippen LogP contribution is -2.46. The van der Waals surface area contributed by atoms with Gasteiger partial charge < -0.3 is 10.4 Å². The molecule has 2 aliphatic rings. The highest BCUT2D eigenvalue weighted by molar-refractivity contribution is 4.87. The van der Waals surface area contributed by atoms with Crippen molar-refractivity contribution in [3.8, 4) is 0 Å². The number of aliphatic hydroxyl groups is 1. The Hall–Kier alpha value is -0.0800. The van der Waals surface area contributed by atoms with Gasteiger partial charge >= 0.3 is 0 Å². The van der Waals surface area contributed by atoms with Gasteiger partial charge in [0.25, 0.3) is 0 Å². The second kappa shape index (κ2) is 4.63. The van der Waals surface area contributed by atoms with Crippen molar-refractivity contribution in [2.45, 2.75) is 57.0 Å². The first-order chi connectivity index (χ1) is 6.79.